The molecule has 3 rings (SSSR count). The van der Waals surface area contributed by atoms with Crippen LogP contribution in [0.25, 0.3) is 16.6 Å². The molecular weight excluding hydrogens is 260 g/mol. The number of hydrogen-bond acceptors (Lipinski definition) is 2. The van der Waals surface area contributed by atoms with Crippen molar-refractivity contribution in [2.24, 2.45) is 0 Å². The normalized spacial score (nSPS) is 10.2. The highest BCUT2D eigenvalue weighted by Gasteiger charge is 2.06. The number of nitrogens with zero attached hydrogens (tertiary/aromatic N) is 3. The Balaban J connectivity index is 0.000000704. The largest absolute Gasteiger partial charge is 0.240 e. The molecule has 0 saturated carbocycles. The topological polar surface area (TPSA) is 30.2 Å². The second kappa shape index (κ2) is 5.77. The van der Waals surface area contributed by atoms with Crippen LogP contribution in [0.4, 0.5) is 8.78 Å². The second-order valence-electron chi connectivity index (χ2n) is 4.08. The summed E-state index contributed by atoms with van der Waals surface area (Å²) in [6, 6.07) is 6.06. The molecule has 0 aliphatic carbocycles. The Labute approximate surface area is 115 Å². The van der Waals surface area contributed by atoms with Gasteiger partial charge in [0.1, 0.15) is 0 Å². The van der Waals surface area contributed by atoms with E-state index in [1.807, 2.05) is 26.8 Å². The number of rotatable bonds is 1. The molecule has 0 amide bonds. The molecule has 104 valence electrons. The van der Waals surface area contributed by atoms with Gasteiger partial charge in [0.25, 0.3) is 0 Å². The van der Waals surface area contributed by atoms with Crippen molar-refractivity contribution in [3.63, 3.8) is 0 Å². The molecular formula is C15H15F2N3. The van der Waals surface area contributed by atoms with Crippen LogP contribution in [0.5, 0.6) is 0 Å². The molecule has 0 aliphatic rings. The lowest BCUT2D eigenvalue weighted by molar-refractivity contribution is 0.513. The molecule has 0 bridgehead atoms. The lowest BCUT2D eigenvalue weighted by Crippen LogP contribution is -1.92. The molecule has 0 aliphatic heterocycles. The Kier molecular flexibility index (Phi) is 4.08. The minimum absolute atomic E-state index is 0.440. The highest BCUT2D eigenvalue weighted by molar-refractivity contribution is 5.66. The van der Waals surface area contributed by atoms with Gasteiger partial charge < -0.3 is 0 Å². The third kappa shape index (κ3) is 2.66. The van der Waals surface area contributed by atoms with E-state index in [1.54, 1.807) is 23.0 Å². The molecule has 0 unspecified atom stereocenters. The maximum atomic E-state index is 13.1. The summed E-state index contributed by atoms with van der Waals surface area (Å²) in [4.78, 5) is 3.07. The lowest BCUT2D eigenvalue weighted by atomic mass is 10.1. The van der Waals surface area contributed by atoms with Gasteiger partial charge in [-0.3, -0.25) is 0 Å². The van der Waals surface area contributed by atoms with Crippen LogP contribution in [0, 0.1) is 18.8 Å². The summed E-state index contributed by atoms with van der Waals surface area (Å²) in [7, 11) is 0. The number of hydrogen-bond donors (Lipinski definition) is 0. The molecule has 0 fully saturated rings. The predicted molar refractivity (Wildman–Crippen MR) is 74.4 cm³/mol. The summed E-state index contributed by atoms with van der Waals surface area (Å²) in [5.41, 5.74) is 3.14. The molecule has 5 heteroatoms. The number of aromatic nitrogens is 3. The molecule has 3 aromatic heterocycles. The smallest absolute Gasteiger partial charge is 0.216 e. The number of aryl methyl sites for hydroxylation is 1. The molecule has 0 saturated heterocycles. The van der Waals surface area contributed by atoms with E-state index in [1.165, 1.54) is 12.1 Å². The summed E-state index contributed by atoms with van der Waals surface area (Å²) >= 11 is 0. The fourth-order valence-electron chi connectivity index (χ4n) is 1.91. The van der Waals surface area contributed by atoms with Crippen molar-refractivity contribution >= 4 is 5.52 Å². The van der Waals surface area contributed by atoms with Gasteiger partial charge in [-0.25, -0.2) is 4.52 Å². The molecule has 0 N–H and O–H groups in total. The molecule has 3 heterocycles. The third-order valence-corrected chi connectivity index (χ3v) is 2.80. The van der Waals surface area contributed by atoms with Crippen LogP contribution >= 0.6 is 0 Å². The van der Waals surface area contributed by atoms with E-state index in [0.717, 1.165) is 11.1 Å². The fraction of sp³-hybridized carbons (Fsp3) is 0.200. The van der Waals surface area contributed by atoms with Crippen molar-refractivity contribution in [1.82, 2.24) is 14.6 Å². The van der Waals surface area contributed by atoms with Gasteiger partial charge in [-0.15, -0.1) is 0 Å². The van der Waals surface area contributed by atoms with Crippen molar-refractivity contribution < 1.29 is 8.78 Å². The SMILES string of the molecule is CC.Cc1cnn2cc(-c3cc(F)nc(F)c3)ccc12. The maximum absolute atomic E-state index is 13.1. The number of halogens is 2. The van der Waals surface area contributed by atoms with Gasteiger partial charge in [0.05, 0.1) is 11.7 Å². The Morgan fingerprint density at radius 1 is 1.00 bits per heavy atom. The first-order valence-electron chi connectivity index (χ1n) is 6.41. The minimum atomic E-state index is -0.832. The average molecular weight is 275 g/mol. The molecule has 0 radical (unpaired) electrons. The number of fused-ring (bicyclic) bond motifs is 1. The molecule has 3 aromatic rings. The van der Waals surface area contributed by atoms with Gasteiger partial charge in [0.15, 0.2) is 0 Å². The Morgan fingerprint density at radius 3 is 2.30 bits per heavy atom. The number of pyridine rings is 2. The van der Waals surface area contributed by atoms with Crippen LogP contribution in [0.2, 0.25) is 0 Å². The summed E-state index contributed by atoms with van der Waals surface area (Å²) in [5, 5.41) is 4.16. The van der Waals surface area contributed by atoms with Crippen molar-refractivity contribution in [1.29, 1.82) is 0 Å². The highest BCUT2D eigenvalue weighted by atomic mass is 19.1. The van der Waals surface area contributed by atoms with E-state index in [2.05, 4.69) is 10.1 Å². The van der Waals surface area contributed by atoms with Crippen LogP contribution in [0.1, 0.15) is 19.4 Å². The van der Waals surface area contributed by atoms with E-state index in [4.69, 9.17) is 0 Å². The Morgan fingerprint density at radius 2 is 1.65 bits per heavy atom. The fourth-order valence-corrected chi connectivity index (χ4v) is 1.91. The molecule has 3 nitrogen and oxygen atoms in total. The van der Waals surface area contributed by atoms with Crippen LogP contribution < -0.4 is 0 Å². The predicted octanol–water partition coefficient (Wildman–Crippen LogP) is 4.01. The summed E-state index contributed by atoms with van der Waals surface area (Å²) in [6.07, 6.45) is 3.48. The zero-order chi connectivity index (χ0) is 14.7. The van der Waals surface area contributed by atoms with E-state index in [-0.39, 0.29) is 0 Å². The second-order valence-corrected chi connectivity index (χ2v) is 4.08. The summed E-state index contributed by atoms with van der Waals surface area (Å²) in [6.45, 7) is 5.95. The summed E-state index contributed by atoms with van der Waals surface area (Å²) in [5.74, 6) is -1.66. The van der Waals surface area contributed by atoms with Gasteiger partial charge in [-0.05, 0) is 24.1 Å². The van der Waals surface area contributed by atoms with Gasteiger partial charge in [-0.1, -0.05) is 19.9 Å². The van der Waals surface area contributed by atoms with Crippen molar-refractivity contribution in [3.8, 4) is 11.1 Å². The first kappa shape index (κ1) is 14.1. The maximum Gasteiger partial charge on any atom is 0.216 e. The zero-order valence-electron chi connectivity index (χ0n) is 11.6. The van der Waals surface area contributed by atoms with Crippen molar-refractivity contribution in [2.75, 3.05) is 0 Å². The monoisotopic (exact) mass is 275 g/mol. The van der Waals surface area contributed by atoms with E-state index >= 15 is 0 Å². The van der Waals surface area contributed by atoms with E-state index in [9.17, 15) is 8.78 Å². The van der Waals surface area contributed by atoms with Crippen molar-refractivity contribution in [2.45, 2.75) is 20.8 Å². The van der Waals surface area contributed by atoms with Gasteiger partial charge >= 0.3 is 0 Å². The van der Waals surface area contributed by atoms with Crippen LogP contribution in [-0.2, 0) is 0 Å². The lowest BCUT2D eigenvalue weighted by Gasteiger charge is -2.03. The Hall–Kier alpha value is -2.30. The van der Waals surface area contributed by atoms with Crippen molar-refractivity contribution in [3.05, 3.63) is 54.1 Å². The first-order valence-corrected chi connectivity index (χ1v) is 6.41. The summed E-state index contributed by atoms with van der Waals surface area (Å²) < 4.78 is 27.8. The molecule has 20 heavy (non-hydrogen) atoms. The first-order chi connectivity index (χ1) is 9.63. The van der Waals surface area contributed by atoms with Crippen LogP contribution in [-0.4, -0.2) is 14.6 Å². The molecule has 0 atom stereocenters. The van der Waals surface area contributed by atoms with Gasteiger partial charge in [-0.2, -0.15) is 18.9 Å². The van der Waals surface area contributed by atoms with E-state index < -0.39 is 11.9 Å². The quantitative estimate of drug-likeness (QED) is 0.628. The minimum Gasteiger partial charge on any atom is -0.240 e. The molecule has 0 spiro atoms. The Bertz CT molecular complexity index is 715. The van der Waals surface area contributed by atoms with Crippen LogP contribution in [0.15, 0.2) is 36.7 Å². The average Bonchev–Trinajstić information content (AvgIpc) is 2.81. The zero-order valence-corrected chi connectivity index (χ0v) is 11.6. The van der Waals surface area contributed by atoms with Gasteiger partial charge in [0.2, 0.25) is 11.9 Å². The van der Waals surface area contributed by atoms with E-state index in [0.29, 0.717) is 11.1 Å². The van der Waals surface area contributed by atoms with Gasteiger partial charge in [0, 0.05) is 23.9 Å². The molecule has 0 aromatic carbocycles. The third-order valence-electron chi connectivity index (χ3n) is 2.80. The highest BCUT2D eigenvalue weighted by Crippen LogP contribution is 2.22. The standard InChI is InChI=1S/C13H9F2N3.C2H6/c1-8-6-16-18-7-9(2-3-11(8)18)10-4-12(14)17-13(15)5-10;1-2/h2-7H,1H3;1-2H3. The van der Waals surface area contributed by atoms with Crippen LogP contribution in [0.3, 0.4) is 0 Å².